The summed E-state index contributed by atoms with van der Waals surface area (Å²) in [6.45, 7) is -0.116. The van der Waals surface area contributed by atoms with Gasteiger partial charge < -0.3 is 19.0 Å². The van der Waals surface area contributed by atoms with Gasteiger partial charge in [0.05, 0.1) is 18.2 Å². The van der Waals surface area contributed by atoms with Crippen LogP contribution in [-0.4, -0.2) is 30.8 Å². The van der Waals surface area contributed by atoms with Gasteiger partial charge >= 0.3 is 11.9 Å². The maximum atomic E-state index is 11.7. The van der Waals surface area contributed by atoms with Gasteiger partial charge in [-0.1, -0.05) is 30.3 Å². The summed E-state index contributed by atoms with van der Waals surface area (Å²) >= 11 is 0. The van der Waals surface area contributed by atoms with Crippen molar-refractivity contribution in [3.8, 4) is 5.75 Å². The summed E-state index contributed by atoms with van der Waals surface area (Å²) in [5, 5.41) is 11.4. The highest BCUT2D eigenvalue weighted by Gasteiger charge is 2.12. The zero-order valence-corrected chi connectivity index (χ0v) is 16.1. The predicted octanol–water partition coefficient (Wildman–Crippen LogP) is 4.92. The Morgan fingerprint density at radius 2 is 1.70 bits per heavy atom. The van der Waals surface area contributed by atoms with E-state index in [0.717, 1.165) is 21.9 Å². The monoisotopic (exact) mass is 402 g/mol. The van der Waals surface area contributed by atoms with Gasteiger partial charge in [0.1, 0.15) is 23.5 Å². The van der Waals surface area contributed by atoms with Crippen molar-refractivity contribution < 1.29 is 28.6 Å². The molecule has 0 fully saturated rings. The van der Waals surface area contributed by atoms with E-state index in [1.165, 1.54) is 13.2 Å². The summed E-state index contributed by atoms with van der Waals surface area (Å²) in [5.41, 5.74) is 2.63. The Hall–Kier alpha value is -4.06. The first-order chi connectivity index (χ1) is 14.5. The largest absolute Gasteiger partial charge is 0.489 e. The van der Waals surface area contributed by atoms with Crippen LogP contribution in [0.5, 0.6) is 5.75 Å². The van der Waals surface area contributed by atoms with Crippen LogP contribution in [0, 0.1) is 0 Å². The number of carbonyl (C=O) groups is 2. The molecule has 0 spiro atoms. The molecule has 30 heavy (non-hydrogen) atoms. The molecule has 6 heteroatoms. The quantitative estimate of drug-likeness (QED) is 0.364. The molecule has 0 amide bonds. The molecule has 150 valence electrons. The Balaban J connectivity index is 1.55. The molecule has 0 radical (unpaired) electrons. The van der Waals surface area contributed by atoms with E-state index in [-0.39, 0.29) is 12.2 Å². The standard InChI is InChI=1S/C24H18O6/c1-28-24(27)16-8-6-15(7-9-16)12-17(23(25)26)14-29-18-10-11-22-20(13-18)19-4-2-3-5-21(19)30-22/h2-13H,14H2,1H3,(H,25,26). The molecule has 1 heterocycles. The summed E-state index contributed by atoms with van der Waals surface area (Å²) < 4.78 is 16.2. The van der Waals surface area contributed by atoms with Gasteiger partial charge in [0.25, 0.3) is 0 Å². The highest BCUT2D eigenvalue weighted by Crippen LogP contribution is 2.31. The zero-order valence-electron chi connectivity index (χ0n) is 16.1. The van der Waals surface area contributed by atoms with Crippen LogP contribution in [0.25, 0.3) is 28.0 Å². The lowest BCUT2D eigenvalue weighted by atomic mass is 10.1. The van der Waals surface area contributed by atoms with Crippen molar-refractivity contribution >= 4 is 40.0 Å². The van der Waals surface area contributed by atoms with E-state index in [0.29, 0.717) is 16.9 Å². The number of hydrogen-bond acceptors (Lipinski definition) is 5. The van der Waals surface area contributed by atoms with Crippen molar-refractivity contribution in [2.75, 3.05) is 13.7 Å². The van der Waals surface area contributed by atoms with Gasteiger partial charge in [0, 0.05) is 10.8 Å². The van der Waals surface area contributed by atoms with Gasteiger partial charge in [-0.25, -0.2) is 9.59 Å². The Morgan fingerprint density at radius 3 is 2.43 bits per heavy atom. The number of methoxy groups -OCH3 is 1. The Bertz CT molecular complexity index is 1260. The molecule has 0 atom stereocenters. The molecule has 0 bridgehead atoms. The van der Waals surface area contributed by atoms with Crippen LogP contribution in [0.4, 0.5) is 0 Å². The van der Waals surface area contributed by atoms with E-state index < -0.39 is 11.9 Å². The second kappa shape index (κ2) is 8.13. The number of hydrogen-bond donors (Lipinski definition) is 1. The fraction of sp³-hybridized carbons (Fsp3) is 0.0833. The predicted molar refractivity (Wildman–Crippen MR) is 113 cm³/mol. The fourth-order valence-corrected chi connectivity index (χ4v) is 3.16. The van der Waals surface area contributed by atoms with Gasteiger partial charge in [0.15, 0.2) is 0 Å². The second-order valence-electron chi connectivity index (χ2n) is 6.63. The van der Waals surface area contributed by atoms with Gasteiger partial charge in [0.2, 0.25) is 0 Å². The van der Waals surface area contributed by atoms with Gasteiger partial charge in [-0.2, -0.15) is 0 Å². The molecule has 1 aromatic heterocycles. The number of furan rings is 1. The maximum Gasteiger partial charge on any atom is 0.337 e. The van der Waals surface area contributed by atoms with Crippen LogP contribution in [0.1, 0.15) is 15.9 Å². The minimum Gasteiger partial charge on any atom is -0.489 e. The summed E-state index contributed by atoms with van der Waals surface area (Å²) in [6.07, 6.45) is 1.51. The number of para-hydroxylation sites is 1. The molecule has 0 saturated heterocycles. The number of rotatable bonds is 6. The van der Waals surface area contributed by atoms with Gasteiger partial charge in [-0.05, 0) is 48.0 Å². The van der Waals surface area contributed by atoms with Crippen LogP contribution in [0.15, 0.2) is 76.7 Å². The fourth-order valence-electron chi connectivity index (χ4n) is 3.16. The molecule has 1 N–H and O–H groups in total. The summed E-state index contributed by atoms with van der Waals surface area (Å²) in [4.78, 5) is 23.2. The van der Waals surface area contributed by atoms with E-state index in [1.54, 1.807) is 36.4 Å². The Morgan fingerprint density at radius 1 is 0.967 bits per heavy atom. The minimum absolute atomic E-state index is 0.0815. The smallest absolute Gasteiger partial charge is 0.337 e. The molecular formula is C24H18O6. The summed E-state index contributed by atoms with van der Waals surface area (Å²) in [5.74, 6) is -0.987. The van der Waals surface area contributed by atoms with Crippen molar-refractivity contribution in [1.29, 1.82) is 0 Å². The third kappa shape index (κ3) is 3.89. The third-order valence-corrected chi connectivity index (χ3v) is 4.69. The Kier molecular flexibility index (Phi) is 5.22. The highest BCUT2D eigenvalue weighted by molar-refractivity contribution is 6.05. The van der Waals surface area contributed by atoms with E-state index in [4.69, 9.17) is 9.15 Å². The van der Waals surface area contributed by atoms with Crippen LogP contribution >= 0.6 is 0 Å². The van der Waals surface area contributed by atoms with Gasteiger partial charge in [-0.15, -0.1) is 0 Å². The lowest BCUT2D eigenvalue weighted by Crippen LogP contribution is -2.10. The third-order valence-electron chi connectivity index (χ3n) is 4.69. The lowest BCUT2D eigenvalue weighted by molar-refractivity contribution is -0.132. The highest BCUT2D eigenvalue weighted by atomic mass is 16.5. The molecule has 3 aromatic carbocycles. The molecule has 4 aromatic rings. The number of aliphatic carboxylic acids is 1. The summed E-state index contributed by atoms with van der Waals surface area (Å²) in [7, 11) is 1.31. The molecule has 6 nitrogen and oxygen atoms in total. The van der Waals surface area contributed by atoms with Crippen molar-refractivity contribution in [3.05, 3.63) is 83.4 Å². The van der Waals surface area contributed by atoms with Crippen LogP contribution in [0.2, 0.25) is 0 Å². The van der Waals surface area contributed by atoms with Crippen molar-refractivity contribution in [3.63, 3.8) is 0 Å². The van der Waals surface area contributed by atoms with Crippen molar-refractivity contribution in [2.24, 2.45) is 0 Å². The molecule has 4 rings (SSSR count). The Labute approximate surface area is 171 Å². The molecule has 0 unspecified atom stereocenters. The average Bonchev–Trinajstić information content (AvgIpc) is 3.14. The molecular weight excluding hydrogens is 384 g/mol. The number of carboxylic acids is 1. The minimum atomic E-state index is -1.08. The number of fused-ring (bicyclic) bond motifs is 3. The number of carbonyl (C=O) groups excluding carboxylic acids is 1. The van der Waals surface area contributed by atoms with Crippen LogP contribution in [0.3, 0.4) is 0 Å². The SMILES string of the molecule is COC(=O)c1ccc(C=C(COc2ccc3oc4ccccc4c3c2)C(=O)O)cc1. The molecule has 0 aliphatic carbocycles. The first-order valence-electron chi connectivity index (χ1n) is 9.21. The normalized spacial score (nSPS) is 11.6. The van der Waals surface area contributed by atoms with E-state index >= 15 is 0 Å². The van der Waals surface area contributed by atoms with E-state index in [2.05, 4.69) is 4.74 Å². The number of esters is 1. The van der Waals surface area contributed by atoms with Crippen LogP contribution < -0.4 is 4.74 Å². The van der Waals surface area contributed by atoms with Crippen molar-refractivity contribution in [1.82, 2.24) is 0 Å². The van der Waals surface area contributed by atoms with Crippen molar-refractivity contribution in [2.45, 2.75) is 0 Å². The number of benzene rings is 3. The van der Waals surface area contributed by atoms with E-state index in [9.17, 15) is 14.7 Å². The lowest BCUT2D eigenvalue weighted by Gasteiger charge is -2.07. The van der Waals surface area contributed by atoms with E-state index in [1.807, 2.05) is 30.3 Å². The molecule has 0 aliphatic heterocycles. The molecule has 0 aliphatic rings. The zero-order chi connectivity index (χ0) is 21.1. The number of carboxylic acid groups (broad SMARTS) is 1. The second-order valence-corrected chi connectivity index (χ2v) is 6.63. The first kappa shape index (κ1) is 19.3. The van der Waals surface area contributed by atoms with Crippen LogP contribution in [-0.2, 0) is 9.53 Å². The first-order valence-corrected chi connectivity index (χ1v) is 9.21. The summed E-state index contributed by atoms with van der Waals surface area (Å²) in [6, 6.07) is 19.6. The maximum absolute atomic E-state index is 11.7. The van der Waals surface area contributed by atoms with Gasteiger partial charge in [-0.3, -0.25) is 0 Å². The molecule has 0 saturated carbocycles. The number of ether oxygens (including phenoxy) is 2. The average molecular weight is 402 g/mol. The topological polar surface area (TPSA) is 86.0 Å².